The highest BCUT2D eigenvalue weighted by Crippen LogP contribution is 2.18. The number of carbonyl (C=O) groups excluding carboxylic acids is 2. The summed E-state index contributed by atoms with van der Waals surface area (Å²) in [7, 11) is 0. The van der Waals surface area contributed by atoms with Crippen LogP contribution < -0.4 is 10.7 Å². The van der Waals surface area contributed by atoms with Crippen molar-refractivity contribution in [3.05, 3.63) is 77.3 Å². The van der Waals surface area contributed by atoms with E-state index < -0.39 is 0 Å². The highest BCUT2D eigenvalue weighted by Gasteiger charge is 2.08. The van der Waals surface area contributed by atoms with Crippen LogP contribution in [0.5, 0.6) is 0 Å². The Morgan fingerprint density at radius 2 is 1.64 bits per heavy atom. The normalized spacial score (nSPS) is 11.3. The molecule has 0 radical (unpaired) electrons. The summed E-state index contributed by atoms with van der Waals surface area (Å²) in [5.41, 5.74) is 4.62. The Kier molecular flexibility index (Phi) is 6.40. The average Bonchev–Trinajstić information content (AvgIpc) is 2.68. The number of rotatable bonds is 6. The second-order valence-corrected chi connectivity index (χ2v) is 6.87. The topological polar surface area (TPSA) is 70.6 Å². The van der Waals surface area contributed by atoms with E-state index in [-0.39, 0.29) is 24.7 Å². The Morgan fingerprint density at radius 3 is 2.43 bits per heavy atom. The van der Waals surface area contributed by atoms with Crippen LogP contribution in [0.3, 0.4) is 0 Å². The predicted octanol–water partition coefficient (Wildman–Crippen LogP) is 4.56. The molecule has 0 fully saturated rings. The summed E-state index contributed by atoms with van der Waals surface area (Å²) in [6, 6.07) is 20.6. The summed E-state index contributed by atoms with van der Waals surface area (Å²) in [4.78, 5) is 24.3. The molecule has 0 heterocycles. The summed E-state index contributed by atoms with van der Waals surface area (Å²) >= 11 is 5.82. The van der Waals surface area contributed by atoms with Crippen LogP contribution in [0.15, 0.2) is 71.8 Å². The number of carbonyl (C=O) groups is 2. The van der Waals surface area contributed by atoms with Crippen LogP contribution >= 0.6 is 11.6 Å². The van der Waals surface area contributed by atoms with E-state index in [9.17, 15) is 9.59 Å². The number of hydrazone groups is 1. The van der Waals surface area contributed by atoms with E-state index in [0.29, 0.717) is 16.4 Å². The molecular weight excluding hydrogens is 374 g/mol. The third-order valence-corrected chi connectivity index (χ3v) is 4.40. The number of benzene rings is 3. The quantitative estimate of drug-likeness (QED) is 0.476. The zero-order chi connectivity index (χ0) is 19.9. The Morgan fingerprint density at radius 1 is 0.929 bits per heavy atom. The monoisotopic (exact) mass is 393 g/mol. The number of halogens is 1. The van der Waals surface area contributed by atoms with Gasteiger partial charge in [0.05, 0.1) is 12.8 Å². The van der Waals surface area contributed by atoms with Gasteiger partial charge in [-0.2, -0.15) is 5.10 Å². The molecule has 0 aliphatic carbocycles. The van der Waals surface area contributed by atoms with Crippen molar-refractivity contribution in [2.24, 2.45) is 5.10 Å². The van der Waals surface area contributed by atoms with Crippen molar-refractivity contribution in [3.63, 3.8) is 0 Å². The SMILES string of the molecule is C/C(CC(=O)Nc1ccc(Cl)cc1)=N\NC(=O)Cc1cccc2ccccc12. The fraction of sp³-hybridized carbons (Fsp3) is 0.136. The predicted molar refractivity (Wildman–Crippen MR) is 114 cm³/mol. The van der Waals surface area contributed by atoms with Crippen LogP contribution in [0.4, 0.5) is 5.69 Å². The van der Waals surface area contributed by atoms with Crippen molar-refractivity contribution in [3.8, 4) is 0 Å². The minimum atomic E-state index is -0.228. The molecule has 0 aromatic heterocycles. The minimum Gasteiger partial charge on any atom is -0.326 e. The van der Waals surface area contributed by atoms with Crippen molar-refractivity contribution in [2.75, 3.05) is 5.32 Å². The van der Waals surface area contributed by atoms with Gasteiger partial charge in [-0.3, -0.25) is 9.59 Å². The van der Waals surface area contributed by atoms with Crippen molar-refractivity contribution >= 4 is 45.6 Å². The zero-order valence-electron chi connectivity index (χ0n) is 15.4. The fourth-order valence-electron chi connectivity index (χ4n) is 2.83. The molecule has 142 valence electrons. The Labute approximate surface area is 168 Å². The second-order valence-electron chi connectivity index (χ2n) is 6.43. The van der Waals surface area contributed by atoms with E-state index in [0.717, 1.165) is 16.3 Å². The zero-order valence-corrected chi connectivity index (χ0v) is 16.2. The Hall–Kier alpha value is -3.18. The lowest BCUT2D eigenvalue weighted by Gasteiger charge is -2.07. The first-order valence-corrected chi connectivity index (χ1v) is 9.23. The maximum Gasteiger partial charge on any atom is 0.244 e. The first-order chi connectivity index (χ1) is 13.5. The maximum atomic E-state index is 12.2. The molecule has 0 saturated heterocycles. The van der Waals surface area contributed by atoms with Gasteiger partial charge in [-0.15, -0.1) is 0 Å². The Balaban J connectivity index is 1.54. The molecule has 0 bridgehead atoms. The van der Waals surface area contributed by atoms with Crippen LogP contribution in [-0.2, 0) is 16.0 Å². The van der Waals surface area contributed by atoms with E-state index in [1.165, 1.54) is 0 Å². The molecule has 0 spiro atoms. The highest BCUT2D eigenvalue weighted by atomic mass is 35.5. The molecule has 0 aliphatic heterocycles. The van der Waals surface area contributed by atoms with Crippen molar-refractivity contribution in [2.45, 2.75) is 19.8 Å². The molecule has 0 unspecified atom stereocenters. The van der Waals surface area contributed by atoms with Crippen LogP contribution in [0.2, 0.25) is 5.02 Å². The number of nitrogens with one attached hydrogen (secondary N) is 2. The van der Waals surface area contributed by atoms with Crippen molar-refractivity contribution in [1.29, 1.82) is 0 Å². The first-order valence-electron chi connectivity index (χ1n) is 8.85. The van der Waals surface area contributed by atoms with E-state index >= 15 is 0 Å². The largest absolute Gasteiger partial charge is 0.326 e. The molecule has 6 heteroatoms. The van der Waals surface area contributed by atoms with Gasteiger partial charge < -0.3 is 5.32 Å². The lowest BCUT2D eigenvalue weighted by Crippen LogP contribution is -2.23. The van der Waals surface area contributed by atoms with Gasteiger partial charge in [-0.05, 0) is 47.5 Å². The molecule has 0 aliphatic rings. The van der Waals surface area contributed by atoms with Crippen LogP contribution in [0.1, 0.15) is 18.9 Å². The molecule has 2 N–H and O–H groups in total. The molecule has 0 saturated carbocycles. The number of nitrogens with zero attached hydrogens (tertiary/aromatic N) is 1. The van der Waals surface area contributed by atoms with Crippen LogP contribution in [0.25, 0.3) is 10.8 Å². The lowest BCUT2D eigenvalue weighted by atomic mass is 10.0. The summed E-state index contributed by atoms with van der Waals surface area (Å²) < 4.78 is 0. The third kappa shape index (κ3) is 5.41. The molecule has 28 heavy (non-hydrogen) atoms. The summed E-state index contributed by atoms with van der Waals surface area (Å²) in [5, 5.41) is 9.52. The van der Waals surface area contributed by atoms with Gasteiger partial charge in [0.2, 0.25) is 11.8 Å². The molecule has 3 aromatic rings. The Bertz CT molecular complexity index is 1020. The van der Waals surface area contributed by atoms with E-state index in [4.69, 9.17) is 11.6 Å². The standard InChI is InChI=1S/C22H20ClN3O2/c1-15(13-21(27)24-19-11-9-18(23)10-12-19)25-26-22(28)14-17-7-4-6-16-5-2-3-8-20(16)17/h2-12H,13-14H2,1H3,(H,24,27)(H,26,28)/b25-15+. The number of hydrogen-bond acceptors (Lipinski definition) is 3. The van der Waals surface area contributed by atoms with Crippen LogP contribution in [-0.4, -0.2) is 17.5 Å². The van der Waals surface area contributed by atoms with E-state index in [2.05, 4.69) is 15.8 Å². The van der Waals surface area contributed by atoms with Crippen LogP contribution in [0, 0.1) is 0 Å². The second kappa shape index (κ2) is 9.15. The molecule has 3 rings (SSSR count). The van der Waals surface area contributed by atoms with Gasteiger partial charge in [0, 0.05) is 16.4 Å². The molecular formula is C22H20ClN3O2. The van der Waals surface area contributed by atoms with E-state index in [1.807, 2.05) is 42.5 Å². The van der Waals surface area contributed by atoms with Crippen molar-refractivity contribution < 1.29 is 9.59 Å². The molecule has 0 atom stereocenters. The van der Waals surface area contributed by atoms with Crippen molar-refractivity contribution in [1.82, 2.24) is 5.43 Å². The number of amides is 2. The lowest BCUT2D eigenvalue weighted by molar-refractivity contribution is -0.120. The smallest absolute Gasteiger partial charge is 0.244 e. The van der Waals surface area contributed by atoms with Gasteiger partial charge in [-0.1, -0.05) is 54.1 Å². The average molecular weight is 394 g/mol. The van der Waals surface area contributed by atoms with Gasteiger partial charge in [-0.25, -0.2) is 5.43 Å². The number of anilines is 1. The van der Waals surface area contributed by atoms with Gasteiger partial charge in [0.25, 0.3) is 0 Å². The van der Waals surface area contributed by atoms with Gasteiger partial charge in [0.15, 0.2) is 0 Å². The molecule has 3 aromatic carbocycles. The number of fused-ring (bicyclic) bond motifs is 1. The van der Waals surface area contributed by atoms with Gasteiger partial charge in [0.1, 0.15) is 0 Å². The van der Waals surface area contributed by atoms with E-state index in [1.54, 1.807) is 31.2 Å². The minimum absolute atomic E-state index is 0.0805. The molecule has 2 amide bonds. The number of hydrogen-bond donors (Lipinski definition) is 2. The molecule has 5 nitrogen and oxygen atoms in total. The first kappa shape index (κ1) is 19.6. The summed E-state index contributed by atoms with van der Waals surface area (Å²) in [6.45, 7) is 1.69. The highest BCUT2D eigenvalue weighted by molar-refractivity contribution is 6.30. The third-order valence-electron chi connectivity index (χ3n) is 4.15. The van der Waals surface area contributed by atoms with Gasteiger partial charge >= 0.3 is 0 Å². The fourth-order valence-corrected chi connectivity index (χ4v) is 2.95. The maximum absolute atomic E-state index is 12.2. The summed E-state index contributed by atoms with van der Waals surface area (Å²) in [5.74, 6) is -0.444. The summed E-state index contributed by atoms with van der Waals surface area (Å²) in [6.07, 6.45) is 0.298.